The van der Waals surface area contributed by atoms with Crippen LogP contribution in [0.2, 0.25) is 5.02 Å². The Morgan fingerprint density at radius 3 is 2.61 bits per heavy atom. The van der Waals surface area contributed by atoms with Crippen molar-refractivity contribution >= 4 is 34.7 Å². The molecular formula is C17H19ClN2O2S. The zero-order valence-corrected chi connectivity index (χ0v) is 14.7. The number of anilines is 2. The van der Waals surface area contributed by atoms with Gasteiger partial charge in [0, 0.05) is 16.5 Å². The van der Waals surface area contributed by atoms with E-state index in [1.807, 2.05) is 37.2 Å². The third-order valence-corrected chi connectivity index (χ3v) is 5.18. The molecule has 0 aromatic heterocycles. The average Bonchev–Trinajstić information content (AvgIpc) is 2.50. The smallest absolute Gasteiger partial charge is 0.140 e. The molecule has 0 radical (unpaired) electrons. The summed E-state index contributed by atoms with van der Waals surface area (Å²) in [6.07, 6.45) is 0.929. The fraction of sp³-hybridized carbons (Fsp3) is 0.294. The van der Waals surface area contributed by atoms with E-state index >= 15 is 0 Å². The van der Waals surface area contributed by atoms with Gasteiger partial charge in [-0.15, -0.1) is 0 Å². The largest absolute Gasteiger partial charge is 0.507 e. The summed E-state index contributed by atoms with van der Waals surface area (Å²) in [7, 11) is 4.07. The van der Waals surface area contributed by atoms with Crippen LogP contribution >= 0.6 is 23.4 Å². The number of phenolic OH excluding ortho intramolecular Hbond substituents is 2. The SMILES string of the molecule is CN(C)CCCN1c2cc(Cl)ccc2Sc2c(O)ccc(O)c21. The van der Waals surface area contributed by atoms with E-state index in [-0.39, 0.29) is 11.5 Å². The van der Waals surface area contributed by atoms with Crippen molar-refractivity contribution in [3.05, 3.63) is 35.4 Å². The zero-order chi connectivity index (χ0) is 16.6. The third-order valence-electron chi connectivity index (χ3n) is 3.77. The molecule has 0 saturated carbocycles. The molecule has 122 valence electrons. The highest BCUT2D eigenvalue weighted by Gasteiger charge is 2.28. The topological polar surface area (TPSA) is 46.9 Å². The fourth-order valence-electron chi connectivity index (χ4n) is 2.71. The maximum absolute atomic E-state index is 10.3. The first kappa shape index (κ1) is 16.3. The minimum atomic E-state index is 0.167. The van der Waals surface area contributed by atoms with Gasteiger partial charge in [-0.2, -0.15) is 0 Å². The molecule has 0 amide bonds. The number of benzene rings is 2. The second-order valence-corrected chi connectivity index (χ2v) is 7.29. The molecule has 2 aromatic rings. The first-order valence-electron chi connectivity index (χ1n) is 7.42. The highest BCUT2D eigenvalue weighted by atomic mass is 35.5. The molecule has 2 aromatic carbocycles. The number of halogens is 1. The van der Waals surface area contributed by atoms with Crippen molar-refractivity contribution in [1.29, 1.82) is 0 Å². The van der Waals surface area contributed by atoms with Gasteiger partial charge in [-0.25, -0.2) is 0 Å². The molecule has 1 heterocycles. The van der Waals surface area contributed by atoms with E-state index in [0.717, 1.165) is 30.1 Å². The molecule has 0 spiro atoms. The quantitative estimate of drug-likeness (QED) is 0.805. The molecule has 0 bridgehead atoms. The predicted octanol–water partition coefficient (Wildman–Crippen LogP) is 4.31. The number of fused-ring (bicyclic) bond motifs is 2. The summed E-state index contributed by atoms with van der Waals surface area (Å²) in [4.78, 5) is 5.88. The number of phenols is 2. The lowest BCUT2D eigenvalue weighted by molar-refractivity contribution is 0.401. The highest BCUT2D eigenvalue weighted by Crippen LogP contribution is 2.55. The summed E-state index contributed by atoms with van der Waals surface area (Å²) < 4.78 is 0. The lowest BCUT2D eigenvalue weighted by Crippen LogP contribution is -2.25. The molecule has 6 heteroatoms. The van der Waals surface area contributed by atoms with Gasteiger partial charge in [0.2, 0.25) is 0 Å². The van der Waals surface area contributed by atoms with E-state index < -0.39 is 0 Å². The van der Waals surface area contributed by atoms with E-state index in [9.17, 15) is 10.2 Å². The summed E-state index contributed by atoms with van der Waals surface area (Å²) >= 11 is 7.62. The molecule has 23 heavy (non-hydrogen) atoms. The number of hydrogen-bond acceptors (Lipinski definition) is 5. The Hall–Kier alpha value is -1.56. The minimum Gasteiger partial charge on any atom is -0.507 e. The Bertz CT molecular complexity index is 737. The molecular weight excluding hydrogens is 332 g/mol. The standard InChI is InChI=1S/C17H19ClN2O2S/c1-19(2)8-3-9-20-12-10-11(18)4-7-15(12)23-17-14(22)6-5-13(21)16(17)20/h4-7,10,21-22H,3,8-9H2,1-2H3. The Labute approximate surface area is 145 Å². The van der Waals surface area contributed by atoms with Crippen LogP contribution in [-0.4, -0.2) is 42.3 Å². The van der Waals surface area contributed by atoms with E-state index in [1.54, 1.807) is 0 Å². The van der Waals surface area contributed by atoms with Crippen LogP contribution < -0.4 is 4.90 Å². The van der Waals surface area contributed by atoms with Gasteiger partial charge in [-0.1, -0.05) is 23.4 Å². The van der Waals surface area contributed by atoms with E-state index in [0.29, 0.717) is 15.6 Å². The molecule has 3 rings (SSSR count). The van der Waals surface area contributed by atoms with Gasteiger partial charge in [0.15, 0.2) is 0 Å². The summed E-state index contributed by atoms with van der Waals surface area (Å²) in [5.41, 5.74) is 1.62. The molecule has 0 atom stereocenters. The van der Waals surface area contributed by atoms with Crippen LogP contribution in [0.1, 0.15) is 6.42 Å². The minimum absolute atomic E-state index is 0.167. The van der Waals surface area contributed by atoms with Crippen molar-refractivity contribution in [2.75, 3.05) is 32.1 Å². The Morgan fingerprint density at radius 2 is 1.87 bits per heavy atom. The van der Waals surface area contributed by atoms with Gasteiger partial charge in [0.1, 0.15) is 17.2 Å². The van der Waals surface area contributed by atoms with Crippen LogP contribution in [0.25, 0.3) is 0 Å². The molecule has 1 aliphatic rings. The van der Waals surface area contributed by atoms with Crippen LogP contribution in [0.4, 0.5) is 11.4 Å². The first-order chi connectivity index (χ1) is 11.0. The van der Waals surface area contributed by atoms with Crippen LogP contribution in [0, 0.1) is 0 Å². The molecule has 4 nitrogen and oxygen atoms in total. The zero-order valence-electron chi connectivity index (χ0n) is 13.1. The van der Waals surface area contributed by atoms with Gasteiger partial charge in [0.05, 0.1) is 10.6 Å². The number of hydrogen-bond donors (Lipinski definition) is 2. The predicted molar refractivity (Wildman–Crippen MR) is 95.5 cm³/mol. The summed E-state index contributed by atoms with van der Waals surface area (Å²) in [6.45, 7) is 1.67. The van der Waals surface area contributed by atoms with E-state index in [4.69, 9.17) is 11.6 Å². The normalized spacial score (nSPS) is 13.1. The van der Waals surface area contributed by atoms with Crippen molar-refractivity contribution < 1.29 is 10.2 Å². The van der Waals surface area contributed by atoms with Crippen LogP contribution in [-0.2, 0) is 0 Å². The molecule has 0 fully saturated rings. The van der Waals surface area contributed by atoms with Crippen LogP contribution in [0.15, 0.2) is 40.1 Å². The molecule has 0 saturated heterocycles. The Morgan fingerprint density at radius 1 is 1.13 bits per heavy atom. The first-order valence-corrected chi connectivity index (χ1v) is 8.61. The van der Waals surface area contributed by atoms with Crippen LogP contribution in [0.5, 0.6) is 11.5 Å². The van der Waals surface area contributed by atoms with Crippen molar-refractivity contribution in [1.82, 2.24) is 4.90 Å². The number of nitrogens with zero attached hydrogens (tertiary/aromatic N) is 2. The number of rotatable bonds is 4. The maximum atomic E-state index is 10.3. The third kappa shape index (κ3) is 3.22. The summed E-state index contributed by atoms with van der Waals surface area (Å²) in [5, 5.41) is 21.2. The Kier molecular flexibility index (Phi) is 4.62. The van der Waals surface area contributed by atoms with Crippen molar-refractivity contribution in [3.8, 4) is 11.5 Å². The van der Waals surface area contributed by atoms with Gasteiger partial charge < -0.3 is 20.0 Å². The molecule has 0 unspecified atom stereocenters. The van der Waals surface area contributed by atoms with Gasteiger partial charge in [-0.05, 0) is 57.4 Å². The van der Waals surface area contributed by atoms with Gasteiger partial charge in [0.25, 0.3) is 0 Å². The van der Waals surface area contributed by atoms with Crippen molar-refractivity contribution in [2.24, 2.45) is 0 Å². The summed E-state index contributed by atoms with van der Waals surface area (Å²) in [6, 6.07) is 8.76. The fourth-order valence-corrected chi connectivity index (χ4v) is 3.99. The molecule has 0 aliphatic carbocycles. The summed E-state index contributed by atoms with van der Waals surface area (Å²) in [5.74, 6) is 0.349. The monoisotopic (exact) mass is 350 g/mol. The van der Waals surface area contributed by atoms with E-state index in [1.165, 1.54) is 23.9 Å². The van der Waals surface area contributed by atoms with Crippen molar-refractivity contribution in [2.45, 2.75) is 16.2 Å². The lowest BCUT2D eigenvalue weighted by Gasteiger charge is -2.34. The molecule has 1 aliphatic heterocycles. The Balaban J connectivity index is 2.05. The molecule has 2 N–H and O–H groups in total. The van der Waals surface area contributed by atoms with Crippen LogP contribution in [0.3, 0.4) is 0 Å². The second-order valence-electron chi connectivity index (χ2n) is 5.80. The number of aromatic hydroxyl groups is 2. The highest BCUT2D eigenvalue weighted by molar-refractivity contribution is 7.99. The maximum Gasteiger partial charge on any atom is 0.140 e. The lowest BCUT2D eigenvalue weighted by atomic mass is 10.2. The van der Waals surface area contributed by atoms with Gasteiger partial charge >= 0.3 is 0 Å². The second kappa shape index (κ2) is 6.51. The van der Waals surface area contributed by atoms with E-state index in [2.05, 4.69) is 4.90 Å². The van der Waals surface area contributed by atoms with Crippen molar-refractivity contribution in [3.63, 3.8) is 0 Å². The average molecular weight is 351 g/mol. The van der Waals surface area contributed by atoms with Gasteiger partial charge in [-0.3, -0.25) is 0 Å².